The third-order valence-electron chi connectivity index (χ3n) is 1.63. The summed E-state index contributed by atoms with van der Waals surface area (Å²) in [6, 6.07) is 3.61. The number of nitrogens with one attached hydrogen (secondary N) is 1. The summed E-state index contributed by atoms with van der Waals surface area (Å²) < 4.78 is 0. The van der Waals surface area contributed by atoms with Crippen molar-refractivity contribution < 1.29 is 0 Å². The number of nitrogens with zero attached hydrogens (tertiary/aromatic N) is 2. The predicted molar refractivity (Wildman–Crippen MR) is 56.2 cm³/mol. The average Bonchev–Trinajstić information content (AvgIpc) is 2.22. The zero-order chi connectivity index (χ0) is 10.6. The van der Waals surface area contributed by atoms with E-state index in [1.807, 2.05) is 26.8 Å². The number of aryl methyl sites for hydroxylation is 1. The van der Waals surface area contributed by atoms with Crippen LogP contribution in [0.15, 0.2) is 23.3 Å². The largest absolute Gasteiger partial charge is 0.311 e. The zero-order valence-electron chi connectivity index (χ0n) is 8.53. The Morgan fingerprint density at radius 2 is 2.00 bits per heavy atom. The second-order valence-corrected chi connectivity index (χ2v) is 2.55. The number of aromatic nitrogens is 3. The quantitative estimate of drug-likeness (QED) is 0.688. The van der Waals surface area contributed by atoms with Crippen molar-refractivity contribution in [3.63, 3.8) is 0 Å². The van der Waals surface area contributed by atoms with Crippen molar-refractivity contribution in [2.75, 3.05) is 0 Å². The molecule has 0 atom stereocenters. The van der Waals surface area contributed by atoms with Crippen LogP contribution in [0.25, 0.3) is 11.0 Å². The van der Waals surface area contributed by atoms with Crippen LogP contribution in [-0.4, -0.2) is 15.0 Å². The van der Waals surface area contributed by atoms with Crippen molar-refractivity contribution in [3.05, 3.63) is 34.5 Å². The molecule has 0 amide bonds. The summed E-state index contributed by atoms with van der Waals surface area (Å²) in [5, 5.41) is 0. The van der Waals surface area contributed by atoms with Crippen LogP contribution in [0.3, 0.4) is 0 Å². The molecule has 2 heterocycles. The van der Waals surface area contributed by atoms with Crippen molar-refractivity contribution in [1.29, 1.82) is 0 Å². The van der Waals surface area contributed by atoms with E-state index in [4.69, 9.17) is 0 Å². The molecule has 0 spiro atoms. The van der Waals surface area contributed by atoms with E-state index >= 15 is 0 Å². The number of hydrogen-bond donors (Lipinski definition) is 1. The topological polar surface area (TPSA) is 58.6 Å². The first kappa shape index (κ1) is 10.4. The van der Waals surface area contributed by atoms with Crippen LogP contribution in [0.2, 0.25) is 0 Å². The van der Waals surface area contributed by atoms with E-state index in [-0.39, 0.29) is 5.56 Å². The molecular formula is C10H13N3O. The summed E-state index contributed by atoms with van der Waals surface area (Å²) >= 11 is 0. The highest BCUT2D eigenvalue weighted by atomic mass is 16.1. The fourth-order valence-corrected chi connectivity index (χ4v) is 1.05. The minimum Gasteiger partial charge on any atom is -0.311 e. The lowest BCUT2D eigenvalue weighted by Gasteiger charge is -1.94. The molecule has 14 heavy (non-hydrogen) atoms. The summed E-state index contributed by atoms with van der Waals surface area (Å²) in [5.74, 6) is 0. The van der Waals surface area contributed by atoms with Gasteiger partial charge in [-0.3, -0.25) is 4.79 Å². The highest BCUT2D eigenvalue weighted by Crippen LogP contribution is 2.02. The van der Waals surface area contributed by atoms with Crippen molar-refractivity contribution in [1.82, 2.24) is 15.0 Å². The molecule has 0 aromatic carbocycles. The Hall–Kier alpha value is -1.71. The second kappa shape index (κ2) is 4.50. The Morgan fingerprint density at radius 1 is 1.29 bits per heavy atom. The number of aromatic amines is 1. The van der Waals surface area contributed by atoms with Gasteiger partial charge in [-0.25, -0.2) is 9.97 Å². The van der Waals surface area contributed by atoms with Gasteiger partial charge in [0.25, 0.3) is 5.56 Å². The minimum absolute atomic E-state index is 0.191. The smallest absolute Gasteiger partial charge is 0.277 e. The maximum Gasteiger partial charge on any atom is 0.277 e. The van der Waals surface area contributed by atoms with Crippen molar-refractivity contribution >= 4 is 11.0 Å². The fourth-order valence-electron chi connectivity index (χ4n) is 1.05. The van der Waals surface area contributed by atoms with E-state index in [9.17, 15) is 4.79 Å². The van der Waals surface area contributed by atoms with Crippen LogP contribution < -0.4 is 5.56 Å². The molecule has 4 heteroatoms. The van der Waals surface area contributed by atoms with E-state index in [1.165, 1.54) is 6.33 Å². The summed E-state index contributed by atoms with van der Waals surface area (Å²) in [6.07, 6.45) is 1.38. The molecule has 2 aromatic rings. The van der Waals surface area contributed by atoms with Gasteiger partial charge in [-0.2, -0.15) is 0 Å². The molecule has 0 aliphatic carbocycles. The maximum absolute atomic E-state index is 11.2. The predicted octanol–water partition coefficient (Wildman–Crippen LogP) is 1.65. The zero-order valence-corrected chi connectivity index (χ0v) is 8.53. The monoisotopic (exact) mass is 191 g/mol. The molecule has 1 N–H and O–H groups in total. The van der Waals surface area contributed by atoms with E-state index in [1.54, 1.807) is 6.07 Å². The van der Waals surface area contributed by atoms with Gasteiger partial charge in [-0.1, -0.05) is 13.8 Å². The van der Waals surface area contributed by atoms with E-state index in [0.29, 0.717) is 11.0 Å². The Kier molecular flexibility index (Phi) is 3.34. The third kappa shape index (κ3) is 1.96. The molecule has 0 aliphatic rings. The molecule has 0 saturated heterocycles. The first-order valence-electron chi connectivity index (χ1n) is 4.58. The van der Waals surface area contributed by atoms with Gasteiger partial charge >= 0.3 is 0 Å². The molecule has 0 radical (unpaired) electrons. The Bertz CT molecular complexity index is 476. The average molecular weight is 191 g/mol. The maximum atomic E-state index is 11.2. The van der Waals surface area contributed by atoms with Crippen LogP contribution in [0.5, 0.6) is 0 Å². The van der Waals surface area contributed by atoms with Gasteiger partial charge in [-0.15, -0.1) is 0 Å². The Labute approximate surface area is 82.0 Å². The first-order chi connectivity index (χ1) is 6.77. The summed E-state index contributed by atoms with van der Waals surface area (Å²) in [6.45, 7) is 5.84. The van der Waals surface area contributed by atoms with Crippen LogP contribution in [0.4, 0.5) is 0 Å². The Morgan fingerprint density at radius 3 is 2.71 bits per heavy atom. The number of rotatable bonds is 0. The van der Waals surface area contributed by atoms with Gasteiger partial charge < -0.3 is 4.98 Å². The molecule has 0 unspecified atom stereocenters. The lowest BCUT2D eigenvalue weighted by atomic mass is 10.3. The molecular weight excluding hydrogens is 178 g/mol. The number of hydrogen-bond acceptors (Lipinski definition) is 3. The van der Waals surface area contributed by atoms with Gasteiger partial charge in [0.15, 0.2) is 5.52 Å². The SMILES string of the molecule is CC.Cc1ccc2nc[nH]c(=O)c2n1. The summed E-state index contributed by atoms with van der Waals surface area (Å²) in [7, 11) is 0. The fraction of sp³-hybridized carbons (Fsp3) is 0.300. The summed E-state index contributed by atoms with van der Waals surface area (Å²) in [4.78, 5) is 21.7. The Balaban J connectivity index is 0.000000461. The van der Waals surface area contributed by atoms with Crippen LogP contribution in [-0.2, 0) is 0 Å². The summed E-state index contributed by atoms with van der Waals surface area (Å²) in [5.41, 5.74) is 1.66. The molecule has 74 valence electrons. The lowest BCUT2D eigenvalue weighted by molar-refractivity contribution is 1.13. The normalized spacial score (nSPS) is 9.36. The van der Waals surface area contributed by atoms with Gasteiger partial charge in [0, 0.05) is 5.69 Å². The highest BCUT2D eigenvalue weighted by molar-refractivity contribution is 5.72. The molecule has 2 aromatic heterocycles. The number of pyridine rings is 1. The lowest BCUT2D eigenvalue weighted by Crippen LogP contribution is -2.08. The molecule has 0 aliphatic heterocycles. The van der Waals surface area contributed by atoms with Crippen LogP contribution >= 0.6 is 0 Å². The highest BCUT2D eigenvalue weighted by Gasteiger charge is 1.98. The number of H-pyrrole nitrogens is 1. The molecule has 0 bridgehead atoms. The first-order valence-corrected chi connectivity index (χ1v) is 4.58. The molecule has 0 saturated carbocycles. The minimum atomic E-state index is -0.191. The van der Waals surface area contributed by atoms with Crippen molar-refractivity contribution in [2.45, 2.75) is 20.8 Å². The van der Waals surface area contributed by atoms with Crippen LogP contribution in [0, 0.1) is 6.92 Å². The van der Waals surface area contributed by atoms with Crippen LogP contribution in [0.1, 0.15) is 19.5 Å². The van der Waals surface area contributed by atoms with Gasteiger partial charge in [0.1, 0.15) is 0 Å². The van der Waals surface area contributed by atoms with Crippen molar-refractivity contribution in [3.8, 4) is 0 Å². The molecule has 4 nitrogen and oxygen atoms in total. The standard InChI is InChI=1S/C8H7N3O.C2H6/c1-5-2-3-6-7(11-5)8(12)10-4-9-6;1-2/h2-4H,1H3,(H,9,10,12);1-2H3. The van der Waals surface area contributed by atoms with Gasteiger partial charge in [0.05, 0.1) is 11.8 Å². The number of fused-ring (bicyclic) bond motifs is 1. The van der Waals surface area contributed by atoms with Gasteiger partial charge in [-0.05, 0) is 19.1 Å². The van der Waals surface area contributed by atoms with E-state index < -0.39 is 0 Å². The molecule has 2 rings (SSSR count). The molecule has 0 fully saturated rings. The van der Waals surface area contributed by atoms with Crippen molar-refractivity contribution in [2.24, 2.45) is 0 Å². The van der Waals surface area contributed by atoms with E-state index in [2.05, 4.69) is 15.0 Å². The second-order valence-electron chi connectivity index (χ2n) is 2.55. The third-order valence-corrected chi connectivity index (χ3v) is 1.63. The van der Waals surface area contributed by atoms with E-state index in [0.717, 1.165) is 5.69 Å². The van der Waals surface area contributed by atoms with Gasteiger partial charge in [0.2, 0.25) is 0 Å².